The van der Waals surface area contributed by atoms with Crippen molar-refractivity contribution in [3.05, 3.63) is 152 Å². The van der Waals surface area contributed by atoms with Crippen molar-refractivity contribution in [2.75, 3.05) is 0 Å². The van der Waals surface area contributed by atoms with Crippen LogP contribution in [0.2, 0.25) is 20.1 Å². The lowest BCUT2D eigenvalue weighted by Crippen LogP contribution is -2.32. The van der Waals surface area contributed by atoms with E-state index in [1.54, 1.807) is 53.5 Å². The monoisotopic (exact) mass is 869 g/mol. The van der Waals surface area contributed by atoms with E-state index in [1.165, 1.54) is 6.40 Å². The molecule has 3 aromatic heterocycles. The Balaban J connectivity index is 0.000000172. The largest absolute Gasteiger partial charge is 0.477 e. The Morgan fingerprint density at radius 2 is 1.29 bits per heavy atom. The van der Waals surface area contributed by atoms with Crippen molar-refractivity contribution in [3.8, 4) is 22.3 Å². The van der Waals surface area contributed by atoms with Gasteiger partial charge in [0.1, 0.15) is 17.1 Å². The molecule has 1 N–H and O–H groups in total. The number of H-pyrrole nitrogens is 1. The van der Waals surface area contributed by atoms with Crippen molar-refractivity contribution in [2.45, 2.75) is 36.1 Å². The van der Waals surface area contributed by atoms with Crippen molar-refractivity contribution < 1.29 is 13.2 Å². The Kier molecular flexibility index (Phi) is 11.1. The highest BCUT2D eigenvalue weighted by atomic mass is 35.5. The van der Waals surface area contributed by atoms with E-state index in [0.717, 1.165) is 73.1 Å². The van der Waals surface area contributed by atoms with Gasteiger partial charge in [-0.3, -0.25) is 9.36 Å². The molecule has 0 bridgehead atoms. The van der Waals surface area contributed by atoms with E-state index in [-0.39, 0.29) is 4.90 Å². The summed E-state index contributed by atoms with van der Waals surface area (Å²) in [5.41, 5.74) is 9.32. The zero-order valence-corrected chi connectivity index (χ0v) is 35.2. The molecule has 0 amide bonds. The van der Waals surface area contributed by atoms with E-state index < -0.39 is 21.3 Å². The summed E-state index contributed by atoms with van der Waals surface area (Å²) in [5, 5.41) is 12.8. The van der Waals surface area contributed by atoms with Gasteiger partial charge in [-0.2, -0.15) is 10.2 Å². The van der Waals surface area contributed by atoms with Gasteiger partial charge in [0.15, 0.2) is 11.8 Å². The molecular weight excluding hydrogens is 836 g/mol. The first-order valence-electron chi connectivity index (χ1n) is 18.1. The van der Waals surface area contributed by atoms with Gasteiger partial charge in [-0.1, -0.05) is 113 Å². The number of fused-ring (bicyclic) bond motifs is 2. The Bertz CT molecular complexity index is 2950. The van der Waals surface area contributed by atoms with E-state index >= 15 is 0 Å². The highest BCUT2D eigenvalue weighted by Gasteiger charge is 2.39. The second kappa shape index (κ2) is 16.2. The van der Waals surface area contributed by atoms with Gasteiger partial charge in [-0.25, -0.2) is 18.4 Å². The third-order valence-corrected chi connectivity index (χ3v) is 13.2. The first kappa shape index (κ1) is 39.6. The number of benzene rings is 5. The van der Waals surface area contributed by atoms with E-state index in [9.17, 15) is 8.42 Å². The summed E-state index contributed by atoms with van der Waals surface area (Å²) in [6, 6.07) is 29.6. The van der Waals surface area contributed by atoms with Crippen LogP contribution >= 0.6 is 46.4 Å². The minimum absolute atomic E-state index is 0.227. The zero-order valence-electron chi connectivity index (χ0n) is 31.4. The molecule has 0 saturated carbocycles. The van der Waals surface area contributed by atoms with Crippen LogP contribution in [-0.2, 0) is 41.5 Å². The number of imidazole rings is 1. The van der Waals surface area contributed by atoms with Crippen molar-refractivity contribution >= 4 is 84.4 Å². The number of aliphatic imine (C=N–C) groups is 1. The fourth-order valence-electron chi connectivity index (χ4n) is 7.22. The summed E-state index contributed by atoms with van der Waals surface area (Å²) in [5.74, 6) is 0. The Morgan fingerprint density at radius 1 is 0.724 bits per heavy atom. The number of hydrogen-bond donors (Lipinski definition) is 1. The van der Waals surface area contributed by atoms with Crippen LogP contribution in [0.1, 0.15) is 22.6 Å². The predicted molar refractivity (Wildman–Crippen MR) is 233 cm³/mol. The molecule has 9 rings (SSSR count). The molecule has 5 aromatic carbocycles. The molecule has 0 radical (unpaired) electrons. The van der Waals surface area contributed by atoms with Gasteiger partial charge in [-0.05, 0) is 43.3 Å². The third kappa shape index (κ3) is 7.72. The fourth-order valence-corrected chi connectivity index (χ4v) is 9.81. The van der Waals surface area contributed by atoms with Gasteiger partial charge in [0.25, 0.3) is 0 Å². The van der Waals surface area contributed by atoms with Crippen LogP contribution in [0.5, 0.6) is 0 Å². The van der Waals surface area contributed by atoms with Gasteiger partial charge in [0.05, 0.1) is 16.9 Å². The van der Waals surface area contributed by atoms with Crippen LogP contribution in [0.25, 0.3) is 44.1 Å². The molecular formula is C43H35Cl4N7O3S. The number of sulfone groups is 1. The first-order chi connectivity index (χ1) is 27.9. The normalized spacial score (nSPS) is 15.2. The van der Waals surface area contributed by atoms with Gasteiger partial charge in [0, 0.05) is 97.6 Å². The summed E-state index contributed by atoms with van der Waals surface area (Å²) in [6.45, 7) is 1.91. The number of aromatic nitrogens is 6. The molecule has 4 heterocycles. The van der Waals surface area contributed by atoms with E-state index in [4.69, 9.17) is 61.3 Å². The summed E-state index contributed by atoms with van der Waals surface area (Å²) in [4.78, 5) is 11.6. The minimum atomic E-state index is -3.72. The zero-order chi connectivity index (χ0) is 40.7. The molecule has 0 saturated heterocycles. The second-order valence-corrected chi connectivity index (χ2v) is 17.7. The molecule has 58 heavy (non-hydrogen) atoms. The summed E-state index contributed by atoms with van der Waals surface area (Å²) >= 11 is 24.9. The second-order valence-electron chi connectivity index (χ2n) is 13.9. The van der Waals surface area contributed by atoms with E-state index in [0.29, 0.717) is 26.5 Å². The van der Waals surface area contributed by atoms with Crippen LogP contribution < -0.4 is 0 Å². The standard InChI is InChI=1S/C25H21Cl2N3O3S.C18H14Cl2N4/c1-15-6-9-17(10-7-15)34(31,32)25-23(33-14-28-25)13-22-20-5-3-4-19(24(20)29-30(22)2)18-11-8-16(26)12-21(18)27;1-24-17(8-12-9-21-10-22-12)15-4-2-3-14(18(15)23-24)13-6-5-11(19)7-16(13)20/h3-12,14,23,25H,13H2,1-2H3;2-7,9-10H,8H2,1H3,(H,21,22). The minimum Gasteiger partial charge on any atom is -0.477 e. The number of ether oxygens (including phenoxy) is 1. The molecule has 8 aromatic rings. The topological polar surface area (TPSA) is 120 Å². The quantitative estimate of drug-likeness (QED) is 0.162. The Morgan fingerprint density at radius 3 is 1.84 bits per heavy atom. The highest BCUT2D eigenvalue weighted by Crippen LogP contribution is 2.38. The molecule has 15 heteroatoms. The maximum Gasteiger partial charge on any atom is 0.205 e. The number of hydrogen-bond acceptors (Lipinski definition) is 7. The maximum atomic E-state index is 13.3. The molecule has 0 fully saturated rings. The number of nitrogens with one attached hydrogen (secondary N) is 1. The smallest absolute Gasteiger partial charge is 0.205 e. The van der Waals surface area contributed by atoms with Crippen LogP contribution in [0.3, 0.4) is 0 Å². The summed E-state index contributed by atoms with van der Waals surface area (Å²) < 4.78 is 35.9. The number of aromatic amines is 1. The van der Waals surface area contributed by atoms with Crippen molar-refractivity contribution in [2.24, 2.45) is 19.1 Å². The molecule has 1 aliphatic rings. The fraction of sp³-hybridized carbons (Fsp3) is 0.163. The van der Waals surface area contributed by atoms with Crippen LogP contribution in [0.4, 0.5) is 0 Å². The molecule has 2 atom stereocenters. The predicted octanol–water partition coefficient (Wildman–Crippen LogP) is 10.5. The lowest BCUT2D eigenvalue weighted by molar-refractivity contribution is 0.219. The molecule has 2 unspecified atom stereocenters. The van der Waals surface area contributed by atoms with E-state index in [2.05, 4.69) is 21.0 Å². The average molecular weight is 872 g/mol. The maximum absolute atomic E-state index is 13.3. The first-order valence-corrected chi connectivity index (χ1v) is 21.2. The van der Waals surface area contributed by atoms with Gasteiger partial charge < -0.3 is 9.72 Å². The van der Waals surface area contributed by atoms with E-state index in [1.807, 2.05) is 80.4 Å². The SMILES string of the molecule is Cc1ccc(S(=O)(=O)C2N=COC2Cc2c3cccc(-c4ccc(Cl)cc4Cl)c3nn2C)cc1.Cn1nc2c(-c3ccc(Cl)cc3Cl)cccc2c1Cc1cnc[nH]1. The molecule has 10 nitrogen and oxygen atoms in total. The summed E-state index contributed by atoms with van der Waals surface area (Å²) in [6.07, 6.45) is 5.14. The molecule has 0 spiro atoms. The Labute approximate surface area is 354 Å². The van der Waals surface area contributed by atoms with Gasteiger partial charge >= 0.3 is 0 Å². The van der Waals surface area contributed by atoms with Crippen LogP contribution in [0.15, 0.2) is 119 Å². The van der Waals surface area contributed by atoms with Gasteiger partial charge in [-0.15, -0.1) is 0 Å². The lowest BCUT2D eigenvalue weighted by atomic mass is 10.0. The van der Waals surface area contributed by atoms with Crippen molar-refractivity contribution in [3.63, 3.8) is 0 Å². The number of nitrogens with zero attached hydrogens (tertiary/aromatic N) is 6. The third-order valence-electron chi connectivity index (χ3n) is 10.2. The van der Waals surface area contributed by atoms with Gasteiger partial charge in [0.2, 0.25) is 9.84 Å². The number of halogens is 4. The van der Waals surface area contributed by atoms with Crippen molar-refractivity contribution in [1.29, 1.82) is 0 Å². The average Bonchev–Trinajstić information content (AvgIpc) is 4.01. The molecule has 294 valence electrons. The van der Waals surface area contributed by atoms with Crippen molar-refractivity contribution in [1.82, 2.24) is 29.5 Å². The molecule has 0 aliphatic carbocycles. The van der Waals surface area contributed by atoms with Crippen LogP contribution in [-0.4, -0.2) is 55.8 Å². The molecule has 1 aliphatic heterocycles. The Hall–Kier alpha value is -5.17. The number of rotatable bonds is 8. The lowest BCUT2D eigenvalue weighted by Gasteiger charge is -2.18. The van der Waals surface area contributed by atoms with Crippen LogP contribution in [0, 0.1) is 6.92 Å². The summed E-state index contributed by atoms with van der Waals surface area (Å²) in [7, 11) is 0.0752. The number of aryl methyl sites for hydroxylation is 3. The highest BCUT2D eigenvalue weighted by molar-refractivity contribution is 7.92.